The van der Waals surface area contributed by atoms with Gasteiger partial charge in [-0.3, -0.25) is 9.88 Å². The van der Waals surface area contributed by atoms with Gasteiger partial charge in [-0.15, -0.1) is 0 Å². The summed E-state index contributed by atoms with van der Waals surface area (Å²) in [6.45, 7) is 9.17. The largest absolute Gasteiger partial charge is 0.355 e. The molecule has 0 atom stereocenters. The Morgan fingerprint density at radius 3 is 2.47 bits per heavy atom. The summed E-state index contributed by atoms with van der Waals surface area (Å²) in [6, 6.07) is 19.9. The summed E-state index contributed by atoms with van der Waals surface area (Å²) in [7, 11) is 2.15. The van der Waals surface area contributed by atoms with Crippen LogP contribution < -0.4 is 5.32 Å². The quantitative estimate of drug-likeness (QED) is 0.392. The lowest BCUT2D eigenvalue weighted by Crippen LogP contribution is -2.43. The fourth-order valence-corrected chi connectivity index (χ4v) is 4.55. The molecule has 0 amide bonds. The highest BCUT2D eigenvalue weighted by atomic mass is 19.1. The van der Waals surface area contributed by atoms with Crippen LogP contribution in [0.25, 0.3) is 22.0 Å². The van der Waals surface area contributed by atoms with E-state index in [0.717, 1.165) is 66.1 Å². The van der Waals surface area contributed by atoms with Crippen molar-refractivity contribution >= 4 is 22.3 Å². The zero-order valence-corrected chi connectivity index (χ0v) is 20.1. The number of aromatic nitrogens is 1. The van der Waals surface area contributed by atoms with Crippen molar-refractivity contribution in [2.24, 2.45) is 0 Å². The highest BCUT2D eigenvalue weighted by molar-refractivity contribution is 5.95. The van der Waals surface area contributed by atoms with Crippen molar-refractivity contribution in [3.63, 3.8) is 0 Å². The third-order valence-corrected chi connectivity index (χ3v) is 6.87. The minimum atomic E-state index is -0.182. The summed E-state index contributed by atoms with van der Waals surface area (Å²) in [6.07, 6.45) is 1.80. The van der Waals surface area contributed by atoms with E-state index in [1.165, 1.54) is 11.1 Å². The molecule has 0 aliphatic carbocycles. The first kappa shape index (κ1) is 22.5. The molecule has 4 nitrogen and oxygen atoms in total. The zero-order valence-electron chi connectivity index (χ0n) is 20.1. The molecule has 1 aliphatic heterocycles. The number of benzene rings is 3. The van der Waals surface area contributed by atoms with E-state index in [9.17, 15) is 0 Å². The predicted molar refractivity (Wildman–Crippen MR) is 139 cm³/mol. The SMILES string of the molecule is Cc1ccc(Nc2ccnc3ccc(-c4ccc(CN5CCN(C)CC5)cc4F)cc23)cc1C. The molecule has 2 heterocycles. The lowest BCUT2D eigenvalue weighted by atomic mass is 10.00. The molecule has 0 unspecified atom stereocenters. The van der Waals surface area contributed by atoms with Crippen molar-refractivity contribution in [3.05, 3.63) is 89.4 Å². The summed E-state index contributed by atoms with van der Waals surface area (Å²) in [4.78, 5) is 9.24. The summed E-state index contributed by atoms with van der Waals surface area (Å²) in [5.74, 6) is -0.182. The van der Waals surface area contributed by atoms with Crippen molar-refractivity contribution in [3.8, 4) is 11.1 Å². The van der Waals surface area contributed by atoms with E-state index < -0.39 is 0 Å². The van der Waals surface area contributed by atoms with Crippen LogP contribution >= 0.6 is 0 Å². The zero-order chi connectivity index (χ0) is 23.7. The number of rotatable bonds is 5. The molecule has 3 aromatic carbocycles. The number of hydrogen-bond acceptors (Lipinski definition) is 4. The van der Waals surface area contributed by atoms with Crippen LogP contribution in [0, 0.1) is 19.7 Å². The van der Waals surface area contributed by atoms with Gasteiger partial charge < -0.3 is 10.2 Å². The van der Waals surface area contributed by atoms with Gasteiger partial charge in [0.1, 0.15) is 5.82 Å². The summed E-state index contributed by atoms with van der Waals surface area (Å²) in [5, 5.41) is 4.49. The van der Waals surface area contributed by atoms with Crippen molar-refractivity contribution in [1.29, 1.82) is 0 Å². The smallest absolute Gasteiger partial charge is 0.131 e. The van der Waals surface area contributed by atoms with E-state index >= 15 is 4.39 Å². The molecule has 1 N–H and O–H groups in total. The number of aryl methyl sites for hydroxylation is 2. The van der Waals surface area contributed by atoms with E-state index in [-0.39, 0.29) is 5.82 Å². The Bertz CT molecular complexity index is 1330. The Kier molecular flexibility index (Phi) is 6.31. The highest BCUT2D eigenvalue weighted by Gasteiger charge is 2.15. The van der Waals surface area contributed by atoms with Gasteiger partial charge in [-0.25, -0.2) is 4.39 Å². The molecular weight excluding hydrogens is 423 g/mol. The van der Waals surface area contributed by atoms with E-state index in [1.54, 1.807) is 12.3 Å². The molecule has 34 heavy (non-hydrogen) atoms. The van der Waals surface area contributed by atoms with E-state index in [0.29, 0.717) is 5.56 Å². The predicted octanol–water partition coefficient (Wildman–Crippen LogP) is 6.15. The Labute approximate surface area is 201 Å². The van der Waals surface area contributed by atoms with Crippen molar-refractivity contribution in [2.75, 3.05) is 38.5 Å². The molecule has 1 fully saturated rings. The molecule has 0 spiro atoms. The van der Waals surface area contributed by atoms with Crippen molar-refractivity contribution in [2.45, 2.75) is 20.4 Å². The normalized spacial score (nSPS) is 15.1. The van der Waals surface area contributed by atoms with Gasteiger partial charge in [0, 0.05) is 61.2 Å². The van der Waals surface area contributed by atoms with Gasteiger partial charge in [0.15, 0.2) is 0 Å². The van der Waals surface area contributed by atoms with Gasteiger partial charge in [-0.2, -0.15) is 0 Å². The number of nitrogens with zero attached hydrogens (tertiary/aromatic N) is 3. The topological polar surface area (TPSA) is 31.4 Å². The van der Waals surface area contributed by atoms with Crippen LogP contribution in [0.3, 0.4) is 0 Å². The van der Waals surface area contributed by atoms with Gasteiger partial charge in [0.2, 0.25) is 0 Å². The Balaban J connectivity index is 1.42. The van der Waals surface area contributed by atoms with Gasteiger partial charge >= 0.3 is 0 Å². The third-order valence-electron chi connectivity index (χ3n) is 6.87. The van der Waals surface area contributed by atoms with Crippen LogP contribution in [0.15, 0.2) is 66.9 Å². The minimum Gasteiger partial charge on any atom is -0.355 e. The number of piperazine rings is 1. The van der Waals surface area contributed by atoms with E-state index in [2.05, 4.69) is 65.3 Å². The van der Waals surface area contributed by atoms with Crippen LogP contribution in [0.4, 0.5) is 15.8 Å². The number of halogens is 1. The molecule has 5 heteroatoms. The number of fused-ring (bicyclic) bond motifs is 1. The van der Waals surface area contributed by atoms with Gasteiger partial charge in [-0.1, -0.05) is 24.3 Å². The Morgan fingerprint density at radius 1 is 0.882 bits per heavy atom. The summed E-state index contributed by atoms with van der Waals surface area (Å²) < 4.78 is 15.2. The molecule has 174 valence electrons. The fraction of sp³-hybridized carbons (Fsp3) is 0.276. The molecule has 0 saturated carbocycles. The highest BCUT2D eigenvalue weighted by Crippen LogP contribution is 2.32. The minimum absolute atomic E-state index is 0.182. The first-order valence-corrected chi connectivity index (χ1v) is 11.9. The molecule has 4 aromatic rings. The Hall–Kier alpha value is -3.28. The summed E-state index contributed by atoms with van der Waals surface area (Å²) >= 11 is 0. The molecular formula is C29H31FN4. The maximum Gasteiger partial charge on any atom is 0.131 e. The average Bonchev–Trinajstić information content (AvgIpc) is 2.83. The third kappa shape index (κ3) is 4.81. The Morgan fingerprint density at radius 2 is 1.71 bits per heavy atom. The standard InChI is InChI=1S/C29H31FN4/c1-20-4-7-24(16-21(20)2)32-29-10-11-31-28-9-6-23(18-26(28)29)25-8-5-22(17-27(25)30)19-34-14-12-33(3)13-15-34/h4-11,16-18H,12-15,19H2,1-3H3,(H,31,32). The van der Waals surface area contributed by atoms with Gasteiger partial charge in [0.25, 0.3) is 0 Å². The second-order valence-corrected chi connectivity index (χ2v) is 9.41. The van der Waals surface area contributed by atoms with Crippen LogP contribution in [0.2, 0.25) is 0 Å². The molecule has 1 saturated heterocycles. The van der Waals surface area contributed by atoms with Crippen LogP contribution in [-0.2, 0) is 6.54 Å². The number of likely N-dealkylation sites (N-methyl/N-ethyl adjacent to an activating group) is 1. The maximum atomic E-state index is 15.2. The summed E-state index contributed by atoms with van der Waals surface area (Å²) in [5.41, 5.74) is 7.86. The van der Waals surface area contributed by atoms with Crippen LogP contribution in [0.1, 0.15) is 16.7 Å². The number of anilines is 2. The van der Waals surface area contributed by atoms with Crippen LogP contribution in [-0.4, -0.2) is 48.0 Å². The fourth-order valence-electron chi connectivity index (χ4n) is 4.55. The monoisotopic (exact) mass is 454 g/mol. The maximum absolute atomic E-state index is 15.2. The van der Waals surface area contributed by atoms with Crippen molar-refractivity contribution in [1.82, 2.24) is 14.8 Å². The molecule has 5 rings (SSSR count). The van der Waals surface area contributed by atoms with Crippen LogP contribution in [0.5, 0.6) is 0 Å². The number of nitrogens with one attached hydrogen (secondary N) is 1. The second-order valence-electron chi connectivity index (χ2n) is 9.41. The molecule has 1 aliphatic rings. The van der Waals surface area contributed by atoms with E-state index in [1.807, 2.05) is 30.3 Å². The van der Waals surface area contributed by atoms with Crippen molar-refractivity contribution < 1.29 is 4.39 Å². The lowest BCUT2D eigenvalue weighted by molar-refractivity contribution is 0.148. The molecule has 1 aromatic heterocycles. The van der Waals surface area contributed by atoms with E-state index in [4.69, 9.17) is 0 Å². The molecule has 0 radical (unpaired) electrons. The first-order chi connectivity index (χ1) is 16.5. The first-order valence-electron chi connectivity index (χ1n) is 11.9. The second kappa shape index (κ2) is 9.53. The molecule has 0 bridgehead atoms. The average molecular weight is 455 g/mol. The number of hydrogen-bond donors (Lipinski definition) is 1. The lowest BCUT2D eigenvalue weighted by Gasteiger charge is -2.32. The van der Waals surface area contributed by atoms with Gasteiger partial charge in [-0.05, 0) is 79.5 Å². The number of pyridine rings is 1. The van der Waals surface area contributed by atoms with Gasteiger partial charge in [0.05, 0.1) is 5.52 Å².